The minimum atomic E-state index is -0.579. The first-order valence-corrected chi connectivity index (χ1v) is 11.1. The molecular weight excluding hydrogens is 432 g/mol. The summed E-state index contributed by atoms with van der Waals surface area (Å²) >= 11 is 0. The second-order valence-electron chi connectivity index (χ2n) is 8.10. The Morgan fingerprint density at radius 1 is 1.03 bits per heavy atom. The van der Waals surface area contributed by atoms with Crippen molar-refractivity contribution in [1.82, 2.24) is 4.90 Å². The van der Waals surface area contributed by atoms with Gasteiger partial charge in [-0.05, 0) is 55.3 Å². The van der Waals surface area contributed by atoms with Gasteiger partial charge in [-0.1, -0.05) is 30.3 Å². The zero-order chi connectivity index (χ0) is 24.1. The smallest absolute Gasteiger partial charge is 0.263 e. The first-order valence-electron chi connectivity index (χ1n) is 11.1. The average molecular weight is 461 g/mol. The van der Waals surface area contributed by atoms with Crippen LogP contribution in [0.15, 0.2) is 66.7 Å². The van der Waals surface area contributed by atoms with Gasteiger partial charge >= 0.3 is 0 Å². The fraction of sp³-hybridized carbons (Fsp3) is 0.259. The number of anilines is 1. The Hall–Kier alpha value is -4.00. The van der Waals surface area contributed by atoms with Crippen molar-refractivity contribution in [2.45, 2.75) is 26.0 Å². The maximum absolute atomic E-state index is 12.9. The molecule has 176 valence electrons. The fourth-order valence-corrected chi connectivity index (χ4v) is 3.96. The lowest BCUT2D eigenvalue weighted by Crippen LogP contribution is -2.39. The molecule has 3 aromatic carbocycles. The maximum Gasteiger partial charge on any atom is 0.263 e. The average Bonchev–Trinajstić information content (AvgIpc) is 2.98. The summed E-state index contributed by atoms with van der Waals surface area (Å²) in [7, 11) is 3.07. The van der Waals surface area contributed by atoms with Crippen molar-refractivity contribution >= 4 is 17.5 Å². The van der Waals surface area contributed by atoms with Crippen LogP contribution >= 0.6 is 0 Å². The quantitative estimate of drug-likeness (QED) is 0.569. The van der Waals surface area contributed by atoms with E-state index >= 15 is 0 Å². The number of benzene rings is 3. The van der Waals surface area contributed by atoms with Crippen LogP contribution < -0.4 is 19.5 Å². The van der Waals surface area contributed by atoms with E-state index in [4.69, 9.17) is 14.2 Å². The first kappa shape index (κ1) is 23.2. The van der Waals surface area contributed by atoms with Gasteiger partial charge in [0, 0.05) is 29.9 Å². The number of carbonyl (C=O) groups is 2. The van der Waals surface area contributed by atoms with Crippen LogP contribution in [0.2, 0.25) is 0 Å². The van der Waals surface area contributed by atoms with E-state index in [9.17, 15) is 9.59 Å². The number of nitrogens with one attached hydrogen (secondary N) is 1. The van der Waals surface area contributed by atoms with Crippen LogP contribution in [0.5, 0.6) is 17.2 Å². The van der Waals surface area contributed by atoms with E-state index in [1.165, 1.54) is 12.7 Å². The SMILES string of the molecule is COc1ccc(C(=O)Nc2ccc3c(c2)CN(CCc2ccccc2)C(=O)[C@H](C)O3)cc1OC. The normalized spacial score (nSPS) is 15.1. The zero-order valence-electron chi connectivity index (χ0n) is 19.5. The number of ether oxygens (including phenoxy) is 3. The van der Waals surface area contributed by atoms with E-state index in [0.29, 0.717) is 41.6 Å². The molecule has 1 N–H and O–H groups in total. The Morgan fingerprint density at radius 2 is 1.79 bits per heavy atom. The van der Waals surface area contributed by atoms with Gasteiger partial charge in [0.15, 0.2) is 17.6 Å². The highest BCUT2D eigenvalue weighted by atomic mass is 16.5. The molecule has 1 aliphatic heterocycles. The van der Waals surface area contributed by atoms with Gasteiger partial charge in [-0.15, -0.1) is 0 Å². The summed E-state index contributed by atoms with van der Waals surface area (Å²) in [5, 5.41) is 2.92. The van der Waals surface area contributed by atoms with Gasteiger partial charge in [0.1, 0.15) is 5.75 Å². The number of hydrogen-bond donors (Lipinski definition) is 1. The number of rotatable bonds is 7. The number of methoxy groups -OCH3 is 2. The van der Waals surface area contributed by atoms with E-state index in [1.807, 2.05) is 29.2 Å². The molecule has 7 nitrogen and oxygen atoms in total. The monoisotopic (exact) mass is 460 g/mol. The van der Waals surface area contributed by atoms with Crippen molar-refractivity contribution in [1.29, 1.82) is 0 Å². The largest absolute Gasteiger partial charge is 0.493 e. The van der Waals surface area contributed by atoms with Gasteiger partial charge < -0.3 is 24.4 Å². The molecule has 7 heteroatoms. The molecule has 0 radical (unpaired) electrons. The van der Waals surface area contributed by atoms with E-state index in [0.717, 1.165) is 12.0 Å². The standard InChI is InChI=1S/C27H28N2O5/c1-18-27(31)29(14-13-19-7-5-4-6-8-19)17-21-15-22(10-12-23(21)34-18)28-26(30)20-9-11-24(32-2)25(16-20)33-3/h4-12,15-16,18H,13-14,17H2,1-3H3,(H,28,30)/t18-/m0/s1. The molecule has 34 heavy (non-hydrogen) atoms. The van der Waals surface area contributed by atoms with Crippen LogP contribution in [-0.4, -0.2) is 43.6 Å². The minimum Gasteiger partial charge on any atom is -0.493 e. The summed E-state index contributed by atoms with van der Waals surface area (Å²) in [6, 6.07) is 20.5. The molecule has 1 heterocycles. The number of fused-ring (bicyclic) bond motifs is 1. The van der Waals surface area contributed by atoms with Gasteiger partial charge in [0.25, 0.3) is 11.8 Å². The Morgan fingerprint density at radius 3 is 2.53 bits per heavy atom. The predicted octanol–water partition coefficient (Wildman–Crippen LogP) is 4.31. The summed E-state index contributed by atoms with van der Waals surface area (Å²) in [4.78, 5) is 27.6. The zero-order valence-corrected chi connectivity index (χ0v) is 19.5. The number of carbonyl (C=O) groups excluding carboxylic acids is 2. The lowest BCUT2D eigenvalue weighted by Gasteiger charge is -2.22. The van der Waals surface area contributed by atoms with Crippen molar-refractivity contribution in [2.24, 2.45) is 0 Å². The highest BCUT2D eigenvalue weighted by Crippen LogP contribution is 2.30. The molecule has 0 aromatic heterocycles. The Bertz CT molecular complexity index is 1180. The lowest BCUT2D eigenvalue weighted by molar-refractivity contribution is -0.137. The van der Waals surface area contributed by atoms with Gasteiger partial charge in [-0.2, -0.15) is 0 Å². The molecule has 1 atom stereocenters. The van der Waals surface area contributed by atoms with Crippen LogP contribution in [0.3, 0.4) is 0 Å². The molecule has 0 saturated carbocycles. The molecule has 4 rings (SSSR count). The third kappa shape index (κ3) is 5.14. The van der Waals surface area contributed by atoms with Gasteiger partial charge in [-0.3, -0.25) is 9.59 Å². The highest BCUT2D eigenvalue weighted by Gasteiger charge is 2.28. The number of amides is 2. The van der Waals surface area contributed by atoms with Crippen LogP contribution in [0.1, 0.15) is 28.4 Å². The fourth-order valence-electron chi connectivity index (χ4n) is 3.96. The van der Waals surface area contributed by atoms with Gasteiger partial charge in [-0.25, -0.2) is 0 Å². The second-order valence-corrected chi connectivity index (χ2v) is 8.10. The molecule has 0 fully saturated rings. The predicted molar refractivity (Wildman–Crippen MR) is 130 cm³/mol. The number of nitrogens with zero attached hydrogens (tertiary/aromatic N) is 1. The molecule has 0 unspecified atom stereocenters. The van der Waals surface area contributed by atoms with E-state index in [2.05, 4.69) is 17.4 Å². The molecule has 1 aliphatic rings. The van der Waals surface area contributed by atoms with Crippen molar-refractivity contribution in [3.63, 3.8) is 0 Å². The Kier molecular flexibility index (Phi) is 7.01. The third-order valence-electron chi connectivity index (χ3n) is 5.80. The molecule has 0 saturated heterocycles. The topological polar surface area (TPSA) is 77.1 Å². The minimum absolute atomic E-state index is 0.0527. The van der Waals surface area contributed by atoms with Crippen LogP contribution in [0.25, 0.3) is 0 Å². The van der Waals surface area contributed by atoms with Gasteiger partial charge in [0.05, 0.1) is 14.2 Å². The maximum atomic E-state index is 12.9. The third-order valence-corrected chi connectivity index (χ3v) is 5.80. The van der Waals surface area contributed by atoms with Crippen LogP contribution in [-0.2, 0) is 17.8 Å². The molecule has 0 spiro atoms. The molecule has 2 amide bonds. The van der Waals surface area contributed by atoms with E-state index in [-0.39, 0.29) is 11.8 Å². The lowest BCUT2D eigenvalue weighted by atomic mass is 10.1. The van der Waals surface area contributed by atoms with Crippen molar-refractivity contribution in [3.05, 3.63) is 83.4 Å². The molecule has 0 bridgehead atoms. The van der Waals surface area contributed by atoms with Gasteiger partial charge in [0.2, 0.25) is 0 Å². The summed E-state index contributed by atoms with van der Waals surface area (Å²) in [5.74, 6) is 1.35. The van der Waals surface area contributed by atoms with Crippen molar-refractivity contribution < 1.29 is 23.8 Å². The van der Waals surface area contributed by atoms with E-state index in [1.54, 1.807) is 44.4 Å². The van der Waals surface area contributed by atoms with E-state index < -0.39 is 6.10 Å². The van der Waals surface area contributed by atoms with Crippen molar-refractivity contribution in [2.75, 3.05) is 26.1 Å². The molecular formula is C27H28N2O5. The molecule has 3 aromatic rings. The van der Waals surface area contributed by atoms with Crippen LogP contribution in [0.4, 0.5) is 5.69 Å². The molecule has 0 aliphatic carbocycles. The summed E-state index contributed by atoms with van der Waals surface area (Å²) in [6.07, 6.45) is 0.175. The Balaban J connectivity index is 1.51. The van der Waals surface area contributed by atoms with Crippen LogP contribution in [0, 0.1) is 0 Å². The Labute approximate surface area is 199 Å². The van der Waals surface area contributed by atoms with Crippen molar-refractivity contribution in [3.8, 4) is 17.2 Å². The summed E-state index contributed by atoms with van der Waals surface area (Å²) < 4.78 is 16.4. The highest BCUT2D eigenvalue weighted by molar-refractivity contribution is 6.04. The summed E-state index contributed by atoms with van der Waals surface area (Å²) in [6.45, 7) is 2.75. The number of hydrogen-bond acceptors (Lipinski definition) is 5. The first-order chi connectivity index (χ1) is 16.5. The second kappa shape index (κ2) is 10.3. The summed E-state index contributed by atoms with van der Waals surface area (Å²) in [5.41, 5.74) is 3.07.